The molecular formula is C21H43NO. The van der Waals surface area contributed by atoms with Crippen LogP contribution in [0.3, 0.4) is 0 Å². The molecule has 2 nitrogen and oxygen atoms in total. The minimum atomic E-state index is 0.408. The van der Waals surface area contributed by atoms with Gasteiger partial charge in [0.15, 0.2) is 0 Å². The molecule has 0 aliphatic heterocycles. The standard InChI is InChI=1S/C21H43NO/c1-2-3-4-5-6-7-8-9-10-11-12-13-14-15-16-18-21(23)19-17-20-22/h2-20,22H2,1H3. The van der Waals surface area contributed by atoms with Crippen molar-refractivity contribution in [2.24, 2.45) is 5.73 Å². The van der Waals surface area contributed by atoms with Gasteiger partial charge in [0, 0.05) is 12.8 Å². The average molecular weight is 326 g/mol. The Hall–Kier alpha value is -0.370. The lowest BCUT2D eigenvalue weighted by Gasteiger charge is -2.03. The molecule has 0 unspecified atom stereocenters. The zero-order valence-corrected chi connectivity index (χ0v) is 15.9. The Morgan fingerprint density at radius 1 is 0.565 bits per heavy atom. The third kappa shape index (κ3) is 19.6. The Balaban J connectivity index is 3.04. The van der Waals surface area contributed by atoms with Gasteiger partial charge in [0.25, 0.3) is 0 Å². The lowest BCUT2D eigenvalue weighted by molar-refractivity contribution is -0.119. The van der Waals surface area contributed by atoms with Crippen LogP contribution >= 0.6 is 0 Å². The predicted molar refractivity (Wildman–Crippen MR) is 103 cm³/mol. The van der Waals surface area contributed by atoms with Crippen molar-refractivity contribution >= 4 is 5.78 Å². The molecule has 0 saturated heterocycles. The van der Waals surface area contributed by atoms with Crippen LogP contribution in [0.1, 0.15) is 122 Å². The minimum absolute atomic E-state index is 0.408. The largest absolute Gasteiger partial charge is 0.330 e. The number of ketones is 1. The van der Waals surface area contributed by atoms with Gasteiger partial charge in [-0.05, 0) is 19.4 Å². The SMILES string of the molecule is CCCCCCCCCCCCCCCCCC(=O)CCCN. The Morgan fingerprint density at radius 3 is 1.30 bits per heavy atom. The molecule has 0 aromatic carbocycles. The van der Waals surface area contributed by atoms with Crippen molar-refractivity contribution in [3.63, 3.8) is 0 Å². The molecule has 0 radical (unpaired) electrons. The molecule has 0 heterocycles. The summed E-state index contributed by atoms with van der Waals surface area (Å²) in [5, 5.41) is 0. The van der Waals surface area contributed by atoms with E-state index in [1.54, 1.807) is 0 Å². The van der Waals surface area contributed by atoms with Crippen molar-refractivity contribution in [3.05, 3.63) is 0 Å². The Morgan fingerprint density at radius 2 is 0.913 bits per heavy atom. The number of carbonyl (C=O) groups is 1. The van der Waals surface area contributed by atoms with E-state index in [2.05, 4.69) is 6.92 Å². The molecule has 0 aromatic heterocycles. The fourth-order valence-corrected chi connectivity index (χ4v) is 3.12. The van der Waals surface area contributed by atoms with Gasteiger partial charge in [-0.2, -0.15) is 0 Å². The van der Waals surface area contributed by atoms with Gasteiger partial charge >= 0.3 is 0 Å². The van der Waals surface area contributed by atoms with Crippen molar-refractivity contribution in [2.45, 2.75) is 122 Å². The highest BCUT2D eigenvalue weighted by Gasteiger charge is 2.00. The topological polar surface area (TPSA) is 43.1 Å². The summed E-state index contributed by atoms with van der Waals surface area (Å²) in [7, 11) is 0. The van der Waals surface area contributed by atoms with Crippen molar-refractivity contribution in [3.8, 4) is 0 Å². The van der Waals surface area contributed by atoms with Crippen LogP contribution in [0.4, 0.5) is 0 Å². The van der Waals surface area contributed by atoms with Gasteiger partial charge in [-0.1, -0.05) is 96.8 Å². The maximum absolute atomic E-state index is 11.5. The first-order valence-electron chi connectivity index (χ1n) is 10.5. The quantitative estimate of drug-likeness (QED) is 0.273. The van der Waals surface area contributed by atoms with Gasteiger partial charge in [0.05, 0.1) is 0 Å². The Bertz CT molecular complexity index is 240. The second-order valence-electron chi connectivity index (χ2n) is 7.13. The maximum Gasteiger partial charge on any atom is 0.132 e. The summed E-state index contributed by atoms with van der Waals surface area (Å²) in [6, 6.07) is 0. The number of nitrogens with two attached hydrogens (primary N) is 1. The number of unbranched alkanes of at least 4 members (excludes halogenated alkanes) is 14. The van der Waals surface area contributed by atoms with Gasteiger partial charge in [-0.3, -0.25) is 4.79 Å². The molecule has 0 saturated carbocycles. The number of hydrogen-bond acceptors (Lipinski definition) is 2. The summed E-state index contributed by atoms with van der Waals surface area (Å²) >= 11 is 0. The van der Waals surface area contributed by atoms with Crippen LogP contribution in [0, 0.1) is 0 Å². The van der Waals surface area contributed by atoms with Crippen molar-refractivity contribution in [1.82, 2.24) is 0 Å². The smallest absolute Gasteiger partial charge is 0.132 e. The highest BCUT2D eigenvalue weighted by molar-refractivity contribution is 5.78. The number of rotatable bonds is 19. The first-order valence-corrected chi connectivity index (χ1v) is 10.5. The second-order valence-corrected chi connectivity index (χ2v) is 7.13. The predicted octanol–water partition coefficient (Wildman–Crippen LogP) is 6.56. The maximum atomic E-state index is 11.5. The molecule has 0 aromatic rings. The molecule has 0 spiro atoms. The first kappa shape index (κ1) is 22.6. The van der Waals surface area contributed by atoms with Gasteiger partial charge in [-0.25, -0.2) is 0 Å². The van der Waals surface area contributed by atoms with E-state index in [0.717, 1.165) is 19.3 Å². The lowest BCUT2D eigenvalue weighted by atomic mass is 10.0. The molecule has 0 atom stereocenters. The Labute approximate surface area is 146 Å². The van der Waals surface area contributed by atoms with Crippen LogP contribution in [-0.2, 0) is 4.79 Å². The minimum Gasteiger partial charge on any atom is -0.330 e. The van der Waals surface area contributed by atoms with E-state index in [1.165, 1.54) is 89.9 Å². The molecule has 2 N–H and O–H groups in total. The van der Waals surface area contributed by atoms with E-state index in [1.807, 2.05) is 0 Å². The number of carbonyl (C=O) groups excluding carboxylic acids is 1. The van der Waals surface area contributed by atoms with Crippen LogP contribution in [0.15, 0.2) is 0 Å². The third-order valence-corrected chi connectivity index (χ3v) is 4.72. The fourth-order valence-electron chi connectivity index (χ4n) is 3.12. The lowest BCUT2D eigenvalue weighted by Crippen LogP contribution is -2.04. The normalized spacial score (nSPS) is 11.0. The van der Waals surface area contributed by atoms with Crippen LogP contribution in [0.2, 0.25) is 0 Å². The second kappa shape index (κ2) is 19.7. The summed E-state index contributed by atoms with van der Waals surface area (Å²) in [5.74, 6) is 0.408. The molecule has 0 fully saturated rings. The molecular weight excluding hydrogens is 282 g/mol. The van der Waals surface area contributed by atoms with E-state index in [9.17, 15) is 4.79 Å². The van der Waals surface area contributed by atoms with Crippen LogP contribution < -0.4 is 5.73 Å². The van der Waals surface area contributed by atoms with Crippen LogP contribution in [0.5, 0.6) is 0 Å². The summed E-state index contributed by atoms with van der Waals surface area (Å²) < 4.78 is 0. The van der Waals surface area contributed by atoms with E-state index in [0.29, 0.717) is 18.7 Å². The van der Waals surface area contributed by atoms with E-state index in [-0.39, 0.29) is 0 Å². The number of Topliss-reactive ketones (excluding diaryl/α,β-unsaturated/α-hetero) is 1. The molecule has 0 rings (SSSR count). The number of hydrogen-bond donors (Lipinski definition) is 1. The fraction of sp³-hybridized carbons (Fsp3) is 0.952. The van der Waals surface area contributed by atoms with Gasteiger partial charge in [0.2, 0.25) is 0 Å². The molecule has 0 aliphatic carbocycles. The highest BCUT2D eigenvalue weighted by atomic mass is 16.1. The van der Waals surface area contributed by atoms with E-state index >= 15 is 0 Å². The zero-order chi connectivity index (χ0) is 17.0. The summed E-state index contributed by atoms with van der Waals surface area (Å²) in [5.41, 5.74) is 5.41. The average Bonchev–Trinajstić information content (AvgIpc) is 2.56. The third-order valence-electron chi connectivity index (χ3n) is 4.72. The zero-order valence-electron chi connectivity index (χ0n) is 15.9. The molecule has 0 amide bonds. The van der Waals surface area contributed by atoms with Crippen LogP contribution in [0.25, 0.3) is 0 Å². The van der Waals surface area contributed by atoms with Crippen LogP contribution in [-0.4, -0.2) is 12.3 Å². The van der Waals surface area contributed by atoms with E-state index in [4.69, 9.17) is 5.73 Å². The summed E-state index contributed by atoms with van der Waals surface area (Å²) in [6.07, 6.45) is 22.9. The van der Waals surface area contributed by atoms with Crippen molar-refractivity contribution in [2.75, 3.05) is 6.54 Å². The summed E-state index contributed by atoms with van der Waals surface area (Å²) in [6.45, 7) is 2.92. The molecule has 0 bridgehead atoms. The molecule has 0 aliphatic rings. The van der Waals surface area contributed by atoms with Crippen molar-refractivity contribution < 1.29 is 4.79 Å². The van der Waals surface area contributed by atoms with Gasteiger partial charge in [-0.15, -0.1) is 0 Å². The first-order chi connectivity index (χ1) is 11.3. The van der Waals surface area contributed by atoms with Gasteiger partial charge in [0.1, 0.15) is 5.78 Å². The van der Waals surface area contributed by atoms with Gasteiger partial charge < -0.3 is 5.73 Å². The molecule has 2 heteroatoms. The van der Waals surface area contributed by atoms with Crippen molar-refractivity contribution in [1.29, 1.82) is 0 Å². The Kier molecular flexibility index (Phi) is 19.4. The highest BCUT2D eigenvalue weighted by Crippen LogP contribution is 2.13. The molecule has 23 heavy (non-hydrogen) atoms. The van der Waals surface area contributed by atoms with E-state index < -0.39 is 0 Å². The monoisotopic (exact) mass is 325 g/mol. The summed E-state index contributed by atoms with van der Waals surface area (Å²) in [4.78, 5) is 11.5. The molecule has 138 valence electrons.